The van der Waals surface area contributed by atoms with E-state index in [9.17, 15) is 18.0 Å². The molecule has 0 unspecified atom stereocenters. The van der Waals surface area contributed by atoms with Gasteiger partial charge in [-0.15, -0.1) is 11.3 Å². The van der Waals surface area contributed by atoms with Crippen LogP contribution in [-0.2, 0) is 6.18 Å². The number of fused-ring (bicyclic) bond motifs is 1. The summed E-state index contributed by atoms with van der Waals surface area (Å²) in [7, 11) is 0. The third kappa shape index (κ3) is 3.40. The van der Waals surface area contributed by atoms with Crippen molar-refractivity contribution in [1.29, 1.82) is 0 Å². The summed E-state index contributed by atoms with van der Waals surface area (Å²) in [6.45, 7) is 2.27. The van der Waals surface area contributed by atoms with Gasteiger partial charge < -0.3 is 5.32 Å². The molecule has 0 spiro atoms. The first kappa shape index (κ1) is 17.9. The summed E-state index contributed by atoms with van der Waals surface area (Å²) in [4.78, 5) is 17.0. The van der Waals surface area contributed by atoms with Crippen molar-refractivity contribution in [2.75, 3.05) is 6.54 Å². The van der Waals surface area contributed by atoms with Gasteiger partial charge in [-0.2, -0.15) is 18.3 Å². The van der Waals surface area contributed by atoms with Crippen molar-refractivity contribution in [2.45, 2.75) is 19.5 Å². The standard InChI is InChI=1S/C15H12BrF3N4OS/c1-2-5-20-14(24)12-11(16)13-21-8(9-4-3-6-25-9)7-10(15(17,18)19)23(13)22-12/h3-4,6-7H,2,5H2,1H3,(H,20,24). The molecule has 25 heavy (non-hydrogen) atoms. The van der Waals surface area contributed by atoms with E-state index < -0.39 is 17.8 Å². The Hall–Kier alpha value is -1.94. The normalized spacial score (nSPS) is 11.9. The number of amides is 1. The number of rotatable bonds is 4. The quantitative estimate of drug-likeness (QED) is 0.665. The van der Waals surface area contributed by atoms with Gasteiger partial charge in [0.25, 0.3) is 5.91 Å². The minimum absolute atomic E-state index is 0.0557. The molecule has 3 heterocycles. The Balaban J connectivity index is 2.22. The lowest BCUT2D eigenvalue weighted by atomic mass is 10.2. The van der Waals surface area contributed by atoms with E-state index in [1.165, 1.54) is 11.3 Å². The van der Waals surface area contributed by atoms with Gasteiger partial charge in [0.05, 0.1) is 15.0 Å². The third-order valence-electron chi connectivity index (χ3n) is 3.35. The van der Waals surface area contributed by atoms with Gasteiger partial charge >= 0.3 is 6.18 Å². The average molecular weight is 433 g/mol. The summed E-state index contributed by atoms with van der Waals surface area (Å²) >= 11 is 4.45. The number of thiophene rings is 1. The molecule has 1 amide bonds. The molecular formula is C15H12BrF3N4OS. The maximum absolute atomic E-state index is 13.5. The zero-order valence-corrected chi connectivity index (χ0v) is 15.3. The van der Waals surface area contributed by atoms with Crippen LogP contribution in [0.4, 0.5) is 13.2 Å². The number of aromatic nitrogens is 3. The molecule has 10 heteroatoms. The zero-order valence-electron chi connectivity index (χ0n) is 12.9. The molecule has 5 nitrogen and oxygen atoms in total. The highest BCUT2D eigenvalue weighted by atomic mass is 79.9. The number of halogens is 4. The van der Waals surface area contributed by atoms with Crippen molar-refractivity contribution < 1.29 is 18.0 Å². The second kappa shape index (κ2) is 6.75. The topological polar surface area (TPSA) is 59.3 Å². The van der Waals surface area contributed by atoms with Crippen LogP contribution in [0.5, 0.6) is 0 Å². The van der Waals surface area contributed by atoms with Gasteiger partial charge in [-0.3, -0.25) is 4.79 Å². The summed E-state index contributed by atoms with van der Waals surface area (Å²) in [6, 6.07) is 4.35. The largest absolute Gasteiger partial charge is 0.433 e. The molecule has 0 bridgehead atoms. The SMILES string of the molecule is CCCNC(=O)c1nn2c(C(F)(F)F)cc(-c3cccs3)nc2c1Br. The minimum Gasteiger partial charge on any atom is -0.351 e. The lowest BCUT2D eigenvalue weighted by Gasteiger charge is -2.10. The van der Waals surface area contributed by atoms with Crippen molar-refractivity contribution in [3.8, 4) is 10.6 Å². The Morgan fingerprint density at radius 3 is 2.80 bits per heavy atom. The molecule has 3 aromatic heterocycles. The van der Waals surface area contributed by atoms with Crippen molar-refractivity contribution in [3.63, 3.8) is 0 Å². The number of hydrogen-bond acceptors (Lipinski definition) is 4. The molecule has 0 aliphatic carbocycles. The molecule has 132 valence electrons. The van der Waals surface area contributed by atoms with E-state index in [-0.39, 0.29) is 21.5 Å². The molecule has 3 rings (SSSR count). The van der Waals surface area contributed by atoms with E-state index in [1.807, 2.05) is 6.92 Å². The maximum Gasteiger partial charge on any atom is 0.433 e. The molecule has 0 atom stereocenters. The van der Waals surface area contributed by atoms with E-state index in [1.54, 1.807) is 17.5 Å². The lowest BCUT2D eigenvalue weighted by molar-refractivity contribution is -0.142. The van der Waals surface area contributed by atoms with Gasteiger partial charge in [0, 0.05) is 6.54 Å². The van der Waals surface area contributed by atoms with E-state index in [2.05, 4.69) is 31.3 Å². The molecule has 0 saturated heterocycles. The van der Waals surface area contributed by atoms with Gasteiger partial charge in [-0.25, -0.2) is 9.50 Å². The second-order valence-corrected chi connectivity index (χ2v) is 6.90. The van der Waals surface area contributed by atoms with Crippen LogP contribution in [0.1, 0.15) is 29.5 Å². The van der Waals surface area contributed by atoms with Gasteiger partial charge in [0.1, 0.15) is 0 Å². The Morgan fingerprint density at radius 2 is 2.20 bits per heavy atom. The summed E-state index contributed by atoms with van der Waals surface area (Å²) in [5, 5.41) is 8.19. The van der Waals surface area contributed by atoms with Crippen molar-refractivity contribution >= 4 is 38.8 Å². The summed E-state index contributed by atoms with van der Waals surface area (Å²) in [6.07, 6.45) is -3.94. The first-order valence-corrected chi connectivity index (χ1v) is 8.98. The average Bonchev–Trinajstić information content (AvgIpc) is 3.19. The third-order valence-corrected chi connectivity index (χ3v) is 4.97. The fraction of sp³-hybridized carbons (Fsp3) is 0.267. The van der Waals surface area contributed by atoms with Crippen molar-refractivity contribution in [1.82, 2.24) is 19.9 Å². The molecule has 1 N–H and O–H groups in total. The molecule has 0 aliphatic rings. The van der Waals surface area contributed by atoms with Crippen LogP contribution >= 0.6 is 27.3 Å². The molecule has 0 saturated carbocycles. The van der Waals surface area contributed by atoms with E-state index in [0.717, 1.165) is 6.07 Å². The highest BCUT2D eigenvalue weighted by Crippen LogP contribution is 2.35. The fourth-order valence-corrected chi connectivity index (χ4v) is 3.41. The number of alkyl halides is 3. The lowest BCUT2D eigenvalue weighted by Crippen LogP contribution is -2.25. The number of carbonyl (C=O) groups excluding carboxylic acids is 1. The first-order chi connectivity index (χ1) is 11.8. The Bertz CT molecular complexity index is 921. The number of carbonyl (C=O) groups is 1. The van der Waals surface area contributed by atoms with Crippen molar-refractivity contribution in [3.05, 3.63) is 39.4 Å². The maximum atomic E-state index is 13.5. The molecule has 0 radical (unpaired) electrons. The van der Waals surface area contributed by atoms with Crippen LogP contribution in [-0.4, -0.2) is 27.0 Å². The van der Waals surface area contributed by atoms with Crippen LogP contribution in [0.3, 0.4) is 0 Å². The first-order valence-electron chi connectivity index (χ1n) is 7.31. The summed E-state index contributed by atoms with van der Waals surface area (Å²) in [5.74, 6) is -0.551. The van der Waals surface area contributed by atoms with E-state index >= 15 is 0 Å². The highest BCUT2D eigenvalue weighted by molar-refractivity contribution is 9.10. The van der Waals surface area contributed by atoms with Gasteiger partial charge in [0.2, 0.25) is 0 Å². The Morgan fingerprint density at radius 1 is 1.44 bits per heavy atom. The monoisotopic (exact) mass is 432 g/mol. The van der Waals surface area contributed by atoms with Crippen LogP contribution in [0.15, 0.2) is 28.1 Å². The molecule has 0 fully saturated rings. The van der Waals surface area contributed by atoms with Crippen LogP contribution in [0, 0.1) is 0 Å². The van der Waals surface area contributed by atoms with Crippen LogP contribution in [0.25, 0.3) is 16.2 Å². The molecular weight excluding hydrogens is 421 g/mol. The van der Waals surface area contributed by atoms with Gasteiger partial charge in [0.15, 0.2) is 17.0 Å². The molecule has 3 aromatic rings. The van der Waals surface area contributed by atoms with E-state index in [4.69, 9.17) is 0 Å². The number of hydrogen-bond donors (Lipinski definition) is 1. The van der Waals surface area contributed by atoms with Crippen LogP contribution in [0.2, 0.25) is 0 Å². The number of nitrogens with one attached hydrogen (secondary N) is 1. The zero-order chi connectivity index (χ0) is 18.2. The fourth-order valence-electron chi connectivity index (χ4n) is 2.21. The Kier molecular flexibility index (Phi) is 4.83. The van der Waals surface area contributed by atoms with Gasteiger partial charge in [-0.1, -0.05) is 13.0 Å². The molecule has 0 aromatic carbocycles. The Labute approximate surface area is 153 Å². The predicted molar refractivity (Wildman–Crippen MR) is 91.6 cm³/mol. The number of nitrogens with zero attached hydrogens (tertiary/aromatic N) is 3. The van der Waals surface area contributed by atoms with Gasteiger partial charge in [-0.05, 0) is 39.9 Å². The predicted octanol–water partition coefficient (Wildman–Crippen LogP) is 4.38. The highest BCUT2D eigenvalue weighted by Gasteiger charge is 2.36. The second-order valence-electron chi connectivity index (χ2n) is 5.16. The minimum atomic E-state index is -4.64. The van der Waals surface area contributed by atoms with Crippen LogP contribution < -0.4 is 5.32 Å². The summed E-state index contributed by atoms with van der Waals surface area (Å²) < 4.78 is 41.2. The molecule has 0 aliphatic heterocycles. The van der Waals surface area contributed by atoms with Crippen molar-refractivity contribution in [2.24, 2.45) is 0 Å². The smallest absolute Gasteiger partial charge is 0.351 e. The van der Waals surface area contributed by atoms with E-state index in [0.29, 0.717) is 22.4 Å². The summed E-state index contributed by atoms with van der Waals surface area (Å²) in [5.41, 5.74) is -0.998.